The molecule has 1 atom stereocenters. The molecule has 1 aromatic rings. The summed E-state index contributed by atoms with van der Waals surface area (Å²) in [6, 6.07) is 5.76. The molecule has 0 aromatic carbocycles. The summed E-state index contributed by atoms with van der Waals surface area (Å²) in [5.74, 6) is 0.744. The van der Waals surface area contributed by atoms with Crippen LogP contribution in [0.3, 0.4) is 0 Å². The number of pyridine rings is 1. The highest BCUT2D eigenvalue weighted by molar-refractivity contribution is 6.29. The number of aromatic nitrogens is 1. The van der Waals surface area contributed by atoms with E-state index in [1.165, 1.54) is 0 Å². The van der Waals surface area contributed by atoms with Gasteiger partial charge in [-0.3, -0.25) is 0 Å². The Hall–Kier alpha value is -1.27. The minimum Gasteiger partial charge on any atom is -0.357 e. The van der Waals surface area contributed by atoms with Crippen LogP contribution in [0.2, 0.25) is 5.15 Å². The van der Waals surface area contributed by atoms with Crippen LogP contribution >= 0.6 is 11.6 Å². The molecule has 0 fully saturated rings. The minimum absolute atomic E-state index is 0.360. The summed E-state index contributed by atoms with van der Waals surface area (Å²) < 4.78 is 0. The van der Waals surface area contributed by atoms with Gasteiger partial charge in [-0.1, -0.05) is 18.5 Å². The molecule has 15 heavy (non-hydrogen) atoms. The molecule has 80 valence electrons. The van der Waals surface area contributed by atoms with E-state index in [9.17, 15) is 0 Å². The van der Waals surface area contributed by atoms with Crippen molar-refractivity contribution in [1.29, 1.82) is 5.26 Å². The van der Waals surface area contributed by atoms with Gasteiger partial charge in [0.2, 0.25) is 0 Å². The molecular formula is C11H14ClN3. The van der Waals surface area contributed by atoms with E-state index in [2.05, 4.69) is 24.9 Å². The summed E-state index contributed by atoms with van der Waals surface area (Å²) in [4.78, 5) is 6.21. The number of rotatable bonds is 3. The predicted octanol–water partition coefficient (Wildman–Crippen LogP) is 2.84. The Morgan fingerprint density at radius 2 is 2.27 bits per heavy atom. The first kappa shape index (κ1) is 11.8. The van der Waals surface area contributed by atoms with Gasteiger partial charge in [-0.2, -0.15) is 5.26 Å². The first-order valence-electron chi connectivity index (χ1n) is 4.89. The second-order valence-electron chi connectivity index (χ2n) is 3.52. The molecule has 0 aliphatic rings. The summed E-state index contributed by atoms with van der Waals surface area (Å²) >= 11 is 5.83. The van der Waals surface area contributed by atoms with E-state index in [4.69, 9.17) is 16.9 Å². The van der Waals surface area contributed by atoms with Gasteiger partial charge in [0.1, 0.15) is 11.0 Å². The van der Waals surface area contributed by atoms with Gasteiger partial charge < -0.3 is 4.90 Å². The van der Waals surface area contributed by atoms with Gasteiger partial charge in [-0.15, -0.1) is 0 Å². The molecule has 0 aliphatic carbocycles. The van der Waals surface area contributed by atoms with Gasteiger partial charge in [0.25, 0.3) is 0 Å². The lowest BCUT2D eigenvalue weighted by atomic mass is 10.2. The molecule has 0 N–H and O–H groups in total. The lowest BCUT2D eigenvalue weighted by Gasteiger charge is -2.25. The van der Waals surface area contributed by atoms with Crippen molar-refractivity contribution in [2.45, 2.75) is 26.3 Å². The highest BCUT2D eigenvalue weighted by Gasteiger charge is 2.10. The van der Waals surface area contributed by atoms with Gasteiger partial charge >= 0.3 is 0 Å². The van der Waals surface area contributed by atoms with Crippen LogP contribution in [0.5, 0.6) is 0 Å². The zero-order valence-corrected chi connectivity index (χ0v) is 9.91. The van der Waals surface area contributed by atoms with Crippen molar-refractivity contribution in [2.75, 3.05) is 11.9 Å². The third-order valence-corrected chi connectivity index (χ3v) is 2.72. The standard InChI is InChI=1S/C11H14ClN3/c1-4-8(2)15(3)11-6-9(7-13)5-10(12)14-11/h5-6,8H,4H2,1-3H3. The fraction of sp³-hybridized carbons (Fsp3) is 0.455. The Morgan fingerprint density at radius 3 is 2.80 bits per heavy atom. The third-order valence-electron chi connectivity index (χ3n) is 2.52. The highest BCUT2D eigenvalue weighted by atomic mass is 35.5. The van der Waals surface area contributed by atoms with Crippen LogP contribution in [0.15, 0.2) is 12.1 Å². The molecule has 0 saturated heterocycles. The Morgan fingerprint density at radius 1 is 1.60 bits per heavy atom. The van der Waals surface area contributed by atoms with Crippen molar-refractivity contribution >= 4 is 17.4 Å². The summed E-state index contributed by atoms with van der Waals surface area (Å²) in [5.41, 5.74) is 0.542. The molecule has 4 heteroatoms. The van der Waals surface area contributed by atoms with Crippen molar-refractivity contribution in [3.8, 4) is 6.07 Å². The predicted molar refractivity (Wildman–Crippen MR) is 62.1 cm³/mol. The van der Waals surface area contributed by atoms with Crippen molar-refractivity contribution in [1.82, 2.24) is 4.98 Å². The molecule has 0 spiro atoms. The zero-order valence-electron chi connectivity index (χ0n) is 9.16. The molecule has 0 saturated carbocycles. The molecule has 3 nitrogen and oxygen atoms in total. The molecule has 0 radical (unpaired) electrons. The van der Waals surface area contributed by atoms with E-state index in [1.807, 2.05) is 11.9 Å². The Balaban J connectivity index is 3.04. The van der Waals surface area contributed by atoms with Crippen LogP contribution in [0.1, 0.15) is 25.8 Å². The summed E-state index contributed by atoms with van der Waals surface area (Å²) in [6.07, 6.45) is 1.02. The van der Waals surface area contributed by atoms with Crippen molar-refractivity contribution in [3.63, 3.8) is 0 Å². The van der Waals surface area contributed by atoms with E-state index in [0.717, 1.165) is 12.2 Å². The number of hydrogen-bond donors (Lipinski definition) is 0. The molecule has 1 aromatic heterocycles. The van der Waals surface area contributed by atoms with E-state index >= 15 is 0 Å². The maximum absolute atomic E-state index is 8.81. The van der Waals surface area contributed by atoms with E-state index < -0.39 is 0 Å². The minimum atomic E-state index is 0.360. The maximum atomic E-state index is 8.81. The van der Waals surface area contributed by atoms with E-state index in [-0.39, 0.29) is 0 Å². The number of anilines is 1. The number of halogens is 1. The van der Waals surface area contributed by atoms with Gasteiger partial charge in [-0.25, -0.2) is 4.98 Å². The van der Waals surface area contributed by atoms with Crippen LogP contribution in [-0.4, -0.2) is 18.1 Å². The Labute approximate surface area is 95.3 Å². The molecule has 0 amide bonds. The molecule has 0 aliphatic heterocycles. The van der Waals surface area contributed by atoms with Crippen LogP contribution < -0.4 is 4.90 Å². The quantitative estimate of drug-likeness (QED) is 0.740. The second kappa shape index (κ2) is 4.99. The molecule has 1 rings (SSSR count). The Bertz CT molecular complexity index is 384. The lowest BCUT2D eigenvalue weighted by Crippen LogP contribution is -2.28. The van der Waals surface area contributed by atoms with Gasteiger partial charge in [0.05, 0.1) is 11.6 Å². The SMILES string of the molecule is CCC(C)N(C)c1cc(C#N)cc(Cl)n1. The van der Waals surface area contributed by atoms with Crippen LogP contribution in [-0.2, 0) is 0 Å². The fourth-order valence-corrected chi connectivity index (χ4v) is 1.43. The number of nitrogens with zero attached hydrogens (tertiary/aromatic N) is 3. The molecule has 1 heterocycles. The van der Waals surface area contributed by atoms with E-state index in [0.29, 0.717) is 16.8 Å². The monoisotopic (exact) mass is 223 g/mol. The van der Waals surface area contributed by atoms with Crippen molar-refractivity contribution < 1.29 is 0 Å². The third kappa shape index (κ3) is 2.84. The zero-order chi connectivity index (χ0) is 11.4. The van der Waals surface area contributed by atoms with E-state index in [1.54, 1.807) is 12.1 Å². The van der Waals surface area contributed by atoms with Crippen LogP contribution in [0.25, 0.3) is 0 Å². The van der Waals surface area contributed by atoms with Gasteiger partial charge in [-0.05, 0) is 25.5 Å². The average molecular weight is 224 g/mol. The van der Waals surface area contributed by atoms with Gasteiger partial charge in [0.15, 0.2) is 0 Å². The van der Waals surface area contributed by atoms with Gasteiger partial charge in [0, 0.05) is 13.1 Å². The lowest BCUT2D eigenvalue weighted by molar-refractivity contribution is 0.657. The molecular weight excluding hydrogens is 210 g/mol. The smallest absolute Gasteiger partial charge is 0.132 e. The molecule has 1 unspecified atom stereocenters. The van der Waals surface area contributed by atoms with Crippen molar-refractivity contribution in [2.24, 2.45) is 0 Å². The fourth-order valence-electron chi connectivity index (χ4n) is 1.23. The first-order chi connectivity index (χ1) is 7.08. The normalized spacial score (nSPS) is 11.9. The van der Waals surface area contributed by atoms with Crippen molar-refractivity contribution in [3.05, 3.63) is 22.8 Å². The first-order valence-corrected chi connectivity index (χ1v) is 5.26. The maximum Gasteiger partial charge on any atom is 0.132 e. The summed E-state index contributed by atoms with van der Waals surface area (Å²) in [7, 11) is 1.95. The number of nitriles is 1. The summed E-state index contributed by atoms with van der Waals surface area (Å²) in [5, 5.41) is 9.17. The topological polar surface area (TPSA) is 39.9 Å². The highest BCUT2D eigenvalue weighted by Crippen LogP contribution is 2.19. The van der Waals surface area contributed by atoms with Crippen LogP contribution in [0, 0.1) is 11.3 Å². The average Bonchev–Trinajstić information content (AvgIpc) is 2.26. The second-order valence-corrected chi connectivity index (χ2v) is 3.90. The molecule has 0 bridgehead atoms. The Kier molecular flexibility index (Phi) is 3.93. The summed E-state index contributed by atoms with van der Waals surface area (Å²) in [6.45, 7) is 4.21. The number of hydrogen-bond acceptors (Lipinski definition) is 3. The largest absolute Gasteiger partial charge is 0.357 e. The van der Waals surface area contributed by atoms with Crippen LogP contribution in [0.4, 0.5) is 5.82 Å².